The largest absolute Gasteiger partial charge is 0.352 e. The number of halogens is 1. The van der Waals surface area contributed by atoms with Gasteiger partial charge in [0.05, 0.1) is 28.4 Å². The second-order valence-corrected chi connectivity index (χ2v) is 6.23. The number of amides is 1. The lowest BCUT2D eigenvalue weighted by Crippen LogP contribution is -2.25. The third kappa shape index (κ3) is 3.91. The average molecular weight is 358 g/mol. The van der Waals surface area contributed by atoms with Crippen LogP contribution in [-0.4, -0.2) is 31.8 Å². The third-order valence-electron chi connectivity index (χ3n) is 4.01. The fourth-order valence-corrected chi connectivity index (χ4v) is 2.73. The van der Waals surface area contributed by atoms with Crippen molar-refractivity contribution in [3.63, 3.8) is 0 Å². The zero-order valence-electron chi connectivity index (χ0n) is 14.2. The van der Waals surface area contributed by atoms with Gasteiger partial charge < -0.3 is 9.88 Å². The Balaban J connectivity index is 1.57. The Kier molecular flexibility index (Phi) is 5.19. The summed E-state index contributed by atoms with van der Waals surface area (Å²) in [5.41, 5.74) is 3.18. The van der Waals surface area contributed by atoms with E-state index in [0.29, 0.717) is 17.1 Å². The molecule has 0 atom stereocenters. The Morgan fingerprint density at radius 3 is 2.60 bits per heavy atom. The van der Waals surface area contributed by atoms with Crippen LogP contribution in [0.1, 0.15) is 28.2 Å². The Hall–Kier alpha value is -2.60. The number of nitrogens with zero attached hydrogens (tertiary/aromatic N) is 4. The first kappa shape index (κ1) is 17.2. The summed E-state index contributed by atoms with van der Waals surface area (Å²) in [6, 6.07) is 7.34. The molecule has 2 heterocycles. The summed E-state index contributed by atoms with van der Waals surface area (Å²) in [7, 11) is 0. The van der Waals surface area contributed by atoms with Crippen LogP contribution in [0.4, 0.5) is 0 Å². The lowest BCUT2D eigenvalue weighted by molar-refractivity contribution is 0.0952. The highest BCUT2D eigenvalue weighted by molar-refractivity contribution is 6.31. The van der Waals surface area contributed by atoms with Gasteiger partial charge in [-0.05, 0) is 44.5 Å². The van der Waals surface area contributed by atoms with Crippen molar-refractivity contribution in [2.75, 3.05) is 6.54 Å². The lowest BCUT2D eigenvalue weighted by Gasteiger charge is -2.08. The van der Waals surface area contributed by atoms with E-state index in [4.69, 9.17) is 11.6 Å². The Bertz CT molecular complexity index is 852. The Morgan fingerprint density at radius 2 is 2.00 bits per heavy atom. The number of hydrogen-bond acceptors (Lipinski definition) is 3. The van der Waals surface area contributed by atoms with Gasteiger partial charge in [0.25, 0.3) is 5.91 Å². The van der Waals surface area contributed by atoms with Crippen LogP contribution in [0.2, 0.25) is 5.02 Å². The molecule has 0 aliphatic heterocycles. The molecular formula is C18H20ClN5O. The maximum atomic E-state index is 12.2. The summed E-state index contributed by atoms with van der Waals surface area (Å²) < 4.78 is 3.77. The van der Waals surface area contributed by atoms with Crippen molar-refractivity contribution in [3.05, 3.63) is 65.0 Å². The first-order valence-electron chi connectivity index (χ1n) is 8.12. The highest BCUT2D eigenvalue weighted by Gasteiger charge is 2.11. The van der Waals surface area contributed by atoms with Crippen LogP contribution in [0, 0.1) is 13.8 Å². The van der Waals surface area contributed by atoms with Crippen LogP contribution < -0.4 is 5.32 Å². The second kappa shape index (κ2) is 7.53. The van der Waals surface area contributed by atoms with E-state index in [1.165, 1.54) is 0 Å². The van der Waals surface area contributed by atoms with Gasteiger partial charge in [0.2, 0.25) is 0 Å². The molecule has 3 rings (SSSR count). The van der Waals surface area contributed by atoms with Gasteiger partial charge in [-0.2, -0.15) is 5.10 Å². The zero-order chi connectivity index (χ0) is 17.8. The van der Waals surface area contributed by atoms with E-state index in [-0.39, 0.29) is 5.91 Å². The fourth-order valence-electron chi connectivity index (χ4n) is 2.61. The fraction of sp³-hybridized carbons (Fsp3) is 0.278. The number of hydrogen-bond donors (Lipinski definition) is 1. The van der Waals surface area contributed by atoms with Gasteiger partial charge in [-0.25, -0.2) is 9.67 Å². The van der Waals surface area contributed by atoms with Gasteiger partial charge in [-0.15, -0.1) is 0 Å². The minimum atomic E-state index is -0.0800. The summed E-state index contributed by atoms with van der Waals surface area (Å²) in [6.45, 7) is 5.24. The quantitative estimate of drug-likeness (QED) is 0.689. The molecule has 0 bridgehead atoms. The number of benzene rings is 1. The highest BCUT2D eigenvalue weighted by atomic mass is 35.5. The molecule has 7 heteroatoms. The van der Waals surface area contributed by atoms with Crippen molar-refractivity contribution in [2.45, 2.75) is 26.8 Å². The first-order chi connectivity index (χ1) is 12.1. The summed E-state index contributed by atoms with van der Waals surface area (Å²) in [5, 5.41) is 8.01. The van der Waals surface area contributed by atoms with Crippen LogP contribution in [0.5, 0.6) is 0 Å². The summed E-state index contributed by atoms with van der Waals surface area (Å²) in [6.07, 6.45) is 6.28. The molecule has 1 N–H and O–H groups in total. The van der Waals surface area contributed by atoms with E-state index < -0.39 is 0 Å². The van der Waals surface area contributed by atoms with Gasteiger partial charge in [0.15, 0.2) is 0 Å². The SMILES string of the molecule is Cc1nn(-c2ccc(C(=O)NCCCn3ccnc3)cc2)c(C)c1Cl. The predicted octanol–water partition coefficient (Wildman–Crippen LogP) is 3.16. The molecule has 6 nitrogen and oxygen atoms in total. The highest BCUT2D eigenvalue weighted by Crippen LogP contribution is 2.22. The summed E-state index contributed by atoms with van der Waals surface area (Å²) in [4.78, 5) is 16.2. The topological polar surface area (TPSA) is 64.7 Å². The van der Waals surface area contributed by atoms with Crippen LogP contribution in [0.25, 0.3) is 5.69 Å². The second-order valence-electron chi connectivity index (χ2n) is 5.85. The van der Waals surface area contributed by atoms with Gasteiger partial charge in [0.1, 0.15) is 0 Å². The standard InChI is InChI=1S/C18H20ClN5O/c1-13-17(19)14(2)24(22-13)16-6-4-15(5-7-16)18(25)21-8-3-10-23-11-9-20-12-23/h4-7,9,11-12H,3,8,10H2,1-2H3,(H,21,25). The van der Waals surface area contributed by atoms with E-state index in [1.54, 1.807) is 29.3 Å². The minimum Gasteiger partial charge on any atom is -0.352 e. The number of carbonyl (C=O) groups is 1. The molecule has 25 heavy (non-hydrogen) atoms. The van der Waals surface area contributed by atoms with Crippen molar-refractivity contribution in [2.24, 2.45) is 0 Å². The van der Waals surface area contributed by atoms with Crippen LogP contribution in [0.15, 0.2) is 43.0 Å². The molecule has 0 saturated carbocycles. The number of nitrogens with one attached hydrogen (secondary N) is 1. The molecule has 2 aromatic heterocycles. The number of carbonyl (C=O) groups excluding carboxylic acids is 1. The van der Waals surface area contributed by atoms with Gasteiger partial charge >= 0.3 is 0 Å². The average Bonchev–Trinajstić information content (AvgIpc) is 3.23. The molecule has 1 aromatic carbocycles. The number of imidazole rings is 1. The number of rotatable bonds is 6. The van der Waals surface area contributed by atoms with Crippen molar-refractivity contribution in [1.82, 2.24) is 24.6 Å². The van der Waals surface area contributed by atoms with E-state index >= 15 is 0 Å². The number of aromatic nitrogens is 4. The van der Waals surface area contributed by atoms with Crippen molar-refractivity contribution in [3.8, 4) is 5.69 Å². The van der Waals surface area contributed by atoms with Crippen molar-refractivity contribution in [1.29, 1.82) is 0 Å². The van der Waals surface area contributed by atoms with E-state index in [0.717, 1.165) is 30.0 Å². The molecule has 1 amide bonds. The molecule has 0 fully saturated rings. The lowest BCUT2D eigenvalue weighted by atomic mass is 10.2. The summed E-state index contributed by atoms with van der Waals surface area (Å²) >= 11 is 6.18. The Labute approximate surface area is 151 Å². The predicted molar refractivity (Wildman–Crippen MR) is 97.2 cm³/mol. The van der Waals surface area contributed by atoms with E-state index in [1.807, 2.05) is 36.7 Å². The normalized spacial score (nSPS) is 10.8. The molecule has 0 spiro atoms. The van der Waals surface area contributed by atoms with Crippen LogP contribution in [-0.2, 0) is 6.54 Å². The molecule has 0 radical (unpaired) electrons. The van der Waals surface area contributed by atoms with Gasteiger partial charge in [0, 0.05) is 31.0 Å². The minimum absolute atomic E-state index is 0.0800. The van der Waals surface area contributed by atoms with Crippen LogP contribution in [0.3, 0.4) is 0 Å². The molecule has 0 unspecified atom stereocenters. The monoisotopic (exact) mass is 357 g/mol. The molecule has 0 aliphatic rings. The first-order valence-corrected chi connectivity index (χ1v) is 8.50. The summed E-state index contributed by atoms with van der Waals surface area (Å²) in [5.74, 6) is -0.0800. The third-order valence-corrected chi connectivity index (χ3v) is 4.56. The Morgan fingerprint density at radius 1 is 1.24 bits per heavy atom. The van der Waals surface area contributed by atoms with Crippen LogP contribution >= 0.6 is 11.6 Å². The maximum absolute atomic E-state index is 12.2. The molecule has 0 saturated heterocycles. The molecule has 3 aromatic rings. The zero-order valence-corrected chi connectivity index (χ0v) is 15.0. The number of aryl methyl sites for hydroxylation is 2. The van der Waals surface area contributed by atoms with Crippen molar-refractivity contribution < 1.29 is 4.79 Å². The van der Waals surface area contributed by atoms with E-state index in [9.17, 15) is 4.79 Å². The van der Waals surface area contributed by atoms with Gasteiger partial charge in [-0.1, -0.05) is 11.6 Å². The smallest absolute Gasteiger partial charge is 0.251 e. The maximum Gasteiger partial charge on any atom is 0.251 e. The molecular weight excluding hydrogens is 338 g/mol. The van der Waals surface area contributed by atoms with Gasteiger partial charge in [-0.3, -0.25) is 4.79 Å². The molecule has 0 aliphatic carbocycles. The molecule has 130 valence electrons. The van der Waals surface area contributed by atoms with E-state index in [2.05, 4.69) is 15.4 Å². The van der Waals surface area contributed by atoms with Crippen molar-refractivity contribution >= 4 is 17.5 Å².